The van der Waals surface area contributed by atoms with Crippen molar-refractivity contribution in [1.29, 1.82) is 0 Å². The molecule has 1 fully saturated rings. The number of guanidine groups is 1. The summed E-state index contributed by atoms with van der Waals surface area (Å²) in [5.41, 5.74) is 5.99. The summed E-state index contributed by atoms with van der Waals surface area (Å²) in [6.45, 7) is 8.73. The van der Waals surface area contributed by atoms with E-state index in [1.807, 2.05) is 6.92 Å². The predicted octanol–water partition coefficient (Wildman–Crippen LogP) is 1.56. The number of nitrogens with zero attached hydrogens (tertiary/aromatic N) is 2. The van der Waals surface area contributed by atoms with Gasteiger partial charge in [0.15, 0.2) is 5.96 Å². The van der Waals surface area contributed by atoms with Crippen LogP contribution >= 0.6 is 0 Å². The fourth-order valence-corrected chi connectivity index (χ4v) is 3.04. The number of nitrogens with one attached hydrogen (secondary N) is 1. The molecule has 0 aromatic rings. The molecule has 0 saturated carbocycles. The molecule has 1 rings (SSSR count). The van der Waals surface area contributed by atoms with Crippen LogP contribution in [0.2, 0.25) is 0 Å². The van der Waals surface area contributed by atoms with Gasteiger partial charge in [-0.2, -0.15) is 0 Å². The van der Waals surface area contributed by atoms with Crippen molar-refractivity contribution in [3.8, 4) is 0 Å². The number of aliphatic imine (C=N–C) groups is 1. The number of rotatable bonds is 8. The van der Waals surface area contributed by atoms with Crippen LogP contribution < -0.4 is 11.1 Å². The average Bonchev–Trinajstić information content (AvgIpc) is 2.53. The molecule has 7 heteroatoms. The van der Waals surface area contributed by atoms with Gasteiger partial charge < -0.3 is 25.8 Å². The van der Waals surface area contributed by atoms with E-state index in [1.54, 1.807) is 4.90 Å². The monoisotopic (exact) mass is 342 g/mol. The van der Waals surface area contributed by atoms with Crippen molar-refractivity contribution in [1.82, 2.24) is 10.2 Å². The van der Waals surface area contributed by atoms with Gasteiger partial charge in [0.2, 0.25) is 0 Å². The van der Waals surface area contributed by atoms with E-state index in [-0.39, 0.29) is 18.7 Å². The van der Waals surface area contributed by atoms with E-state index in [0.717, 1.165) is 25.7 Å². The van der Waals surface area contributed by atoms with Crippen molar-refractivity contribution in [2.45, 2.75) is 52.5 Å². The van der Waals surface area contributed by atoms with Gasteiger partial charge in [0.05, 0.1) is 6.61 Å². The molecule has 1 amide bonds. The molecular weight excluding hydrogens is 308 g/mol. The quantitative estimate of drug-likeness (QED) is 0.459. The molecule has 1 aliphatic rings. The Morgan fingerprint density at radius 3 is 2.62 bits per heavy atom. The summed E-state index contributed by atoms with van der Waals surface area (Å²) in [5, 5.41) is 12.4. The maximum atomic E-state index is 11.7. The Balaban J connectivity index is 2.36. The lowest BCUT2D eigenvalue weighted by molar-refractivity contribution is 0.0963. The molecule has 1 heterocycles. The van der Waals surface area contributed by atoms with E-state index in [0.29, 0.717) is 44.0 Å². The highest BCUT2D eigenvalue weighted by Crippen LogP contribution is 2.16. The van der Waals surface area contributed by atoms with Crippen LogP contribution in [0.1, 0.15) is 46.5 Å². The van der Waals surface area contributed by atoms with Crippen molar-refractivity contribution < 1.29 is 14.6 Å². The van der Waals surface area contributed by atoms with E-state index in [9.17, 15) is 4.79 Å². The number of piperidine rings is 1. The van der Waals surface area contributed by atoms with Crippen molar-refractivity contribution in [3.05, 3.63) is 0 Å². The van der Waals surface area contributed by atoms with Crippen molar-refractivity contribution in [2.75, 3.05) is 32.8 Å². The molecule has 4 N–H and O–H groups in total. The van der Waals surface area contributed by atoms with E-state index < -0.39 is 0 Å². The van der Waals surface area contributed by atoms with E-state index in [1.165, 1.54) is 0 Å². The third-order valence-corrected chi connectivity index (χ3v) is 4.23. The Hall–Kier alpha value is -1.50. The third-order valence-electron chi connectivity index (χ3n) is 4.23. The van der Waals surface area contributed by atoms with Crippen LogP contribution in [0.4, 0.5) is 4.79 Å². The first kappa shape index (κ1) is 20.5. The van der Waals surface area contributed by atoms with E-state index in [4.69, 9.17) is 15.6 Å². The smallest absolute Gasteiger partial charge is 0.409 e. The summed E-state index contributed by atoms with van der Waals surface area (Å²) in [7, 11) is 0. The number of aliphatic hydroxyl groups is 1. The number of ether oxygens (including phenoxy) is 1. The molecule has 7 nitrogen and oxygen atoms in total. The van der Waals surface area contributed by atoms with Crippen LogP contribution in [0.5, 0.6) is 0 Å². The summed E-state index contributed by atoms with van der Waals surface area (Å²) >= 11 is 0. The number of carbonyl (C=O) groups excluding carboxylic acids is 1. The zero-order valence-corrected chi connectivity index (χ0v) is 15.3. The fraction of sp³-hybridized carbons (Fsp3) is 0.882. The van der Waals surface area contributed by atoms with Gasteiger partial charge in [-0.05, 0) is 44.4 Å². The Morgan fingerprint density at radius 2 is 2.08 bits per heavy atom. The number of aliphatic hydroxyl groups excluding tert-OH is 1. The normalized spacial score (nSPS) is 17.9. The van der Waals surface area contributed by atoms with Gasteiger partial charge in [-0.3, -0.25) is 4.99 Å². The van der Waals surface area contributed by atoms with E-state index in [2.05, 4.69) is 24.2 Å². The topological polar surface area (TPSA) is 100 Å². The van der Waals surface area contributed by atoms with Gasteiger partial charge in [-0.15, -0.1) is 0 Å². The second-order valence-corrected chi connectivity index (χ2v) is 6.84. The molecule has 0 aromatic heterocycles. The second-order valence-electron chi connectivity index (χ2n) is 6.84. The molecule has 24 heavy (non-hydrogen) atoms. The highest BCUT2D eigenvalue weighted by atomic mass is 16.6. The first-order valence-electron chi connectivity index (χ1n) is 9.05. The summed E-state index contributed by atoms with van der Waals surface area (Å²) in [6.07, 6.45) is 3.22. The first-order valence-corrected chi connectivity index (χ1v) is 9.05. The molecule has 1 atom stereocenters. The molecular formula is C17H34N4O3. The van der Waals surface area contributed by atoms with Crippen LogP contribution in [0.25, 0.3) is 0 Å². The number of carbonyl (C=O) groups is 1. The van der Waals surface area contributed by atoms with Gasteiger partial charge in [-0.1, -0.05) is 13.8 Å². The minimum absolute atomic E-state index is 0.187. The Morgan fingerprint density at radius 1 is 1.42 bits per heavy atom. The number of hydrogen-bond acceptors (Lipinski definition) is 4. The summed E-state index contributed by atoms with van der Waals surface area (Å²) in [5.74, 6) is 1.40. The summed E-state index contributed by atoms with van der Waals surface area (Å²) in [6, 6.07) is 0.237. The molecule has 0 spiro atoms. The Bertz CT molecular complexity index is 393. The maximum absolute atomic E-state index is 11.7. The Labute approximate surface area is 145 Å². The standard InChI is InChI=1S/C17H34N4O3/c1-4-24-17(23)21-8-5-15(6-9-21)20-16(18)19-12-14(7-10-22)11-13(2)3/h13-15,22H,4-12H2,1-3H3,(H3,18,19,20). The van der Waals surface area contributed by atoms with Crippen molar-refractivity contribution >= 4 is 12.1 Å². The number of nitrogens with two attached hydrogens (primary N) is 1. The number of hydrogen-bond donors (Lipinski definition) is 3. The molecule has 0 aliphatic carbocycles. The summed E-state index contributed by atoms with van der Waals surface area (Å²) in [4.78, 5) is 17.8. The largest absolute Gasteiger partial charge is 0.450 e. The fourth-order valence-electron chi connectivity index (χ4n) is 3.04. The predicted molar refractivity (Wildman–Crippen MR) is 95.9 cm³/mol. The lowest BCUT2D eigenvalue weighted by Gasteiger charge is -2.31. The molecule has 1 aliphatic heterocycles. The third kappa shape index (κ3) is 7.86. The highest BCUT2D eigenvalue weighted by Gasteiger charge is 2.23. The minimum atomic E-state index is -0.238. The molecule has 0 bridgehead atoms. The first-order chi connectivity index (χ1) is 11.5. The number of amides is 1. The highest BCUT2D eigenvalue weighted by molar-refractivity contribution is 5.78. The maximum Gasteiger partial charge on any atom is 0.409 e. The van der Waals surface area contributed by atoms with Gasteiger partial charge in [0.1, 0.15) is 0 Å². The van der Waals surface area contributed by atoms with Gasteiger partial charge in [0, 0.05) is 32.3 Å². The molecule has 140 valence electrons. The van der Waals surface area contributed by atoms with Crippen LogP contribution in [0.15, 0.2) is 4.99 Å². The molecule has 1 unspecified atom stereocenters. The second kappa shape index (κ2) is 11.1. The van der Waals surface area contributed by atoms with Gasteiger partial charge >= 0.3 is 6.09 Å². The van der Waals surface area contributed by atoms with Crippen LogP contribution in [-0.4, -0.2) is 60.9 Å². The lowest BCUT2D eigenvalue weighted by Crippen LogP contribution is -2.48. The lowest BCUT2D eigenvalue weighted by atomic mass is 9.94. The van der Waals surface area contributed by atoms with E-state index >= 15 is 0 Å². The zero-order chi connectivity index (χ0) is 17.9. The van der Waals surface area contributed by atoms with Crippen LogP contribution in [0, 0.1) is 11.8 Å². The molecule has 0 aromatic carbocycles. The van der Waals surface area contributed by atoms with Crippen LogP contribution in [0.3, 0.4) is 0 Å². The SMILES string of the molecule is CCOC(=O)N1CCC(NC(N)=NCC(CCO)CC(C)C)CC1. The number of likely N-dealkylation sites (tertiary alicyclic amines) is 1. The van der Waals surface area contributed by atoms with Crippen molar-refractivity contribution in [3.63, 3.8) is 0 Å². The van der Waals surface area contributed by atoms with Crippen LogP contribution in [-0.2, 0) is 4.74 Å². The molecule has 1 saturated heterocycles. The summed E-state index contributed by atoms with van der Waals surface area (Å²) < 4.78 is 5.01. The average molecular weight is 342 g/mol. The zero-order valence-electron chi connectivity index (χ0n) is 15.3. The van der Waals surface area contributed by atoms with Gasteiger partial charge in [-0.25, -0.2) is 4.79 Å². The van der Waals surface area contributed by atoms with Gasteiger partial charge in [0.25, 0.3) is 0 Å². The Kier molecular flexibility index (Phi) is 9.52. The molecule has 0 radical (unpaired) electrons. The van der Waals surface area contributed by atoms with Crippen molar-refractivity contribution in [2.24, 2.45) is 22.6 Å². The minimum Gasteiger partial charge on any atom is -0.450 e.